The van der Waals surface area contributed by atoms with E-state index in [0.717, 1.165) is 25.9 Å². The summed E-state index contributed by atoms with van der Waals surface area (Å²) in [7, 11) is 0. The number of aliphatic hydroxyl groups is 1. The van der Waals surface area contributed by atoms with E-state index < -0.39 is 6.10 Å². The second-order valence-electron chi connectivity index (χ2n) is 6.35. The molecule has 0 radical (unpaired) electrons. The van der Waals surface area contributed by atoms with Crippen molar-refractivity contribution in [1.29, 1.82) is 0 Å². The number of nitrogens with zero attached hydrogens (tertiary/aromatic N) is 4. The van der Waals surface area contributed by atoms with Crippen molar-refractivity contribution in [3.8, 4) is 0 Å². The molecule has 2 amide bonds. The standard InChI is InChI=1S/C16H23N5O3/c22-14-10-21(15(23)11-20-6-1-2-7-20)8-3-12(14)19-16(24)13-9-17-4-5-18-13/h4-5,9,12,14,22H,1-3,6-8,10-11H2,(H,19,24). The van der Waals surface area contributed by atoms with E-state index in [4.69, 9.17) is 0 Å². The molecule has 2 fully saturated rings. The lowest BCUT2D eigenvalue weighted by Crippen LogP contribution is -2.56. The summed E-state index contributed by atoms with van der Waals surface area (Å²) in [6.07, 6.45) is 6.37. The van der Waals surface area contributed by atoms with Crippen molar-refractivity contribution in [3.63, 3.8) is 0 Å². The van der Waals surface area contributed by atoms with Crippen LogP contribution in [-0.2, 0) is 4.79 Å². The SMILES string of the molecule is O=C(NC1CCN(C(=O)CN2CCCC2)CC1O)c1cnccn1. The number of carbonyl (C=O) groups excluding carboxylic acids is 2. The lowest BCUT2D eigenvalue weighted by Gasteiger charge is -2.36. The second-order valence-corrected chi connectivity index (χ2v) is 6.35. The zero-order valence-corrected chi connectivity index (χ0v) is 13.6. The molecule has 0 spiro atoms. The van der Waals surface area contributed by atoms with Gasteiger partial charge >= 0.3 is 0 Å². The molecule has 2 atom stereocenters. The fourth-order valence-electron chi connectivity index (χ4n) is 3.22. The molecule has 2 aliphatic heterocycles. The van der Waals surface area contributed by atoms with Gasteiger partial charge in [-0.3, -0.25) is 19.5 Å². The molecule has 2 unspecified atom stereocenters. The van der Waals surface area contributed by atoms with Crippen molar-refractivity contribution in [2.45, 2.75) is 31.4 Å². The topological polar surface area (TPSA) is 98.7 Å². The van der Waals surface area contributed by atoms with Crippen molar-refractivity contribution >= 4 is 11.8 Å². The van der Waals surface area contributed by atoms with Crippen LogP contribution in [0.2, 0.25) is 0 Å². The Morgan fingerprint density at radius 2 is 2.04 bits per heavy atom. The number of piperidine rings is 1. The molecule has 2 N–H and O–H groups in total. The maximum absolute atomic E-state index is 12.3. The number of amides is 2. The molecule has 8 nitrogen and oxygen atoms in total. The highest BCUT2D eigenvalue weighted by Gasteiger charge is 2.32. The lowest BCUT2D eigenvalue weighted by atomic mass is 10.0. The number of aromatic nitrogens is 2. The van der Waals surface area contributed by atoms with Crippen molar-refractivity contribution in [2.75, 3.05) is 32.7 Å². The van der Waals surface area contributed by atoms with Gasteiger partial charge in [-0.15, -0.1) is 0 Å². The van der Waals surface area contributed by atoms with E-state index in [-0.39, 0.29) is 30.1 Å². The zero-order chi connectivity index (χ0) is 16.9. The second kappa shape index (κ2) is 7.67. The minimum atomic E-state index is -0.776. The van der Waals surface area contributed by atoms with Crippen LogP contribution in [0.1, 0.15) is 29.8 Å². The van der Waals surface area contributed by atoms with Gasteiger partial charge in [-0.2, -0.15) is 0 Å². The lowest BCUT2D eigenvalue weighted by molar-refractivity contribution is -0.135. The summed E-state index contributed by atoms with van der Waals surface area (Å²) in [5, 5.41) is 13.1. The van der Waals surface area contributed by atoms with Crippen molar-refractivity contribution in [2.24, 2.45) is 0 Å². The van der Waals surface area contributed by atoms with E-state index in [9.17, 15) is 14.7 Å². The van der Waals surface area contributed by atoms with Gasteiger partial charge in [0, 0.05) is 25.5 Å². The number of β-amino-alcohol motifs (C(OH)–C–C–N with tert-alkyl or cyclic N) is 1. The molecule has 130 valence electrons. The first kappa shape index (κ1) is 16.8. The van der Waals surface area contributed by atoms with Crippen LogP contribution in [0, 0.1) is 0 Å². The number of rotatable bonds is 4. The van der Waals surface area contributed by atoms with Gasteiger partial charge in [-0.25, -0.2) is 4.98 Å². The van der Waals surface area contributed by atoms with Gasteiger partial charge in [0.15, 0.2) is 0 Å². The Kier molecular flexibility index (Phi) is 5.37. The quantitative estimate of drug-likeness (QED) is 0.753. The van der Waals surface area contributed by atoms with Crippen LogP contribution in [0.3, 0.4) is 0 Å². The fourth-order valence-corrected chi connectivity index (χ4v) is 3.22. The summed E-state index contributed by atoms with van der Waals surface area (Å²) < 4.78 is 0. The molecule has 0 aromatic carbocycles. The molecule has 1 aromatic heterocycles. The summed E-state index contributed by atoms with van der Waals surface area (Å²) in [5.41, 5.74) is 0.220. The maximum atomic E-state index is 12.3. The molecule has 2 aliphatic rings. The van der Waals surface area contributed by atoms with Gasteiger partial charge < -0.3 is 15.3 Å². The normalized spacial score (nSPS) is 24.8. The minimum Gasteiger partial charge on any atom is -0.389 e. The molecule has 24 heavy (non-hydrogen) atoms. The van der Waals surface area contributed by atoms with E-state index in [1.165, 1.54) is 18.6 Å². The van der Waals surface area contributed by atoms with E-state index in [1.807, 2.05) is 0 Å². The average molecular weight is 333 g/mol. The summed E-state index contributed by atoms with van der Waals surface area (Å²) in [6, 6.07) is -0.379. The van der Waals surface area contributed by atoms with Crippen LogP contribution in [0.4, 0.5) is 0 Å². The number of carbonyl (C=O) groups is 2. The molecule has 1 aromatic rings. The first-order valence-electron chi connectivity index (χ1n) is 8.38. The van der Waals surface area contributed by atoms with Gasteiger partial charge in [0.25, 0.3) is 5.91 Å². The van der Waals surface area contributed by atoms with Gasteiger partial charge in [-0.05, 0) is 32.4 Å². The third-order valence-corrected chi connectivity index (χ3v) is 4.60. The van der Waals surface area contributed by atoms with Crippen LogP contribution < -0.4 is 5.32 Å². The van der Waals surface area contributed by atoms with Gasteiger partial charge in [0.2, 0.25) is 5.91 Å². The van der Waals surface area contributed by atoms with Gasteiger partial charge in [0.1, 0.15) is 5.69 Å². The highest BCUT2D eigenvalue weighted by atomic mass is 16.3. The molecule has 0 aliphatic carbocycles. The predicted octanol–water partition coefficient (Wildman–Crippen LogP) is -0.736. The van der Waals surface area contributed by atoms with Crippen LogP contribution in [0.15, 0.2) is 18.6 Å². The molecular formula is C16H23N5O3. The Morgan fingerprint density at radius 1 is 1.25 bits per heavy atom. The first-order valence-corrected chi connectivity index (χ1v) is 8.38. The van der Waals surface area contributed by atoms with Crippen molar-refractivity contribution in [1.82, 2.24) is 25.1 Å². The number of nitrogens with one attached hydrogen (secondary N) is 1. The Labute approximate surface area is 140 Å². The monoisotopic (exact) mass is 333 g/mol. The maximum Gasteiger partial charge on any atom is 0.271 e. The van der Waals surface area contributed by atoms with Gasteiger partial charge in [-0.1, -0.05) is 0 Å². The van der Waals surface area contributed by atoms with Crippen molar-refractivity contribution in [3.05, 3.63) is 24.3 Å². The largest absolute Gasteiger partial charge is 0.389 e. The minimum absolute atomic E-state index is 0.0506. The highest BCUT2D eigenvalue weighted by Crippen LogP contribution is 2.14. The number of likely N-dealkylation sites (tertiary alicyclic amines) is 2. The van der Waals surface area contributed by atoms with E-state index >= 15 is 0 Å². The molecular weight excluding hydrogens is 310 g/mol. The summed E-state index contributed by atoms with van der Waals surface area (Å²) in [5.74, 6) is -0.307. The van der Waals surface area contributed by atoms with Gasteiger partial charge in [0.05, 0.1) is 24.9 Å². The Hall–Kier alpha value is -2.06. The van der Waals surface area contributed by atoms with Crippen LogP contribution >= 0.6 is 0 Å². The number of aliphatic hydroxyl groups excluding tert-OH is 1. The van der Waals surface area contributed by atoms with E-state index in [1.54, 1.807) is 4.90 Å². The van der Waals surface area contributed by atoms with Crippen molar-refractivity contribution < 1.29 is 14.7 Å². The summed E-state index contributed by atoms with van der Waals surface area (Å²) in [4.78, 5) is 36.0. The molecule has 0 saturated carbocycles. The fraction of sp³-hybridized carbons (Fsp3) is 0.625. The third-order valence-electron chi connectivity index (χ3n) is 4.60. The van der Waals surface area contributed by atoms with E-state index in [0.29, 0.717) is 19.5 Å². The molecule has 8 heteroatoms. The molecule has 3 rings (SSSR count). The van der Waals surface area contributed by atoms with Crippen LogP contribution in [0.25, 0.3) is 0 Å². The Balaban J connectivity index is 1.49. The number of hydrogen-bond donors (Lipinski definition) is 2. The third kappa shape index (κ3) is 4.07. The first-order chi connectivity index (χ1) is 11.6. The molecule has 2 saturated heterocycles. The average Bonchev–Trinajstić information content (AvgIpc) is 3.10. The predicted molar refractivity (Wildman–Crippen MR) is 86.2 cm³/mol. The highest BCUT2D eigenvalue weighted by molar-refractivity contribution is 5.92. The van der Waals surface area contributed by atoms with E-state index in [2.05, 4.69) is 20.2 Å². The Bertz CT molecular complexity index is 576. The Morgan fingerprint density at radius 3 is 2.71 bits per heavy atom. The van der Waals surface area contributed by atoms with Crippen LogP contribution in [0.5, 0.6) is 0 Å². The molecule has 3 heterocycles. The summed E-state index contributed by atoms with van der Waals surface area (Å²) >= 11 is 0. The number of hydrogen-bond acceptors (Lipinski definition) is 6. The smallest absolute Gasteiger partial charge is 0.271 e. The van der Waals surface area contributed by atoms with Crippen LogP contribution in [-0.4, -0.2) is 81.6 Å². The zero-order valence-electron chi connectivity index (χ0n) is 13.6. The summed E-state index contributed by atoms with van der Waals surface area (Å²) in [6.45, 7) is 3.15. The molecule has 0 bridgehead atoms.